The maximum Gasteiger partial charge on any atom is 0.537 e. The van der Waals surface area contributed by atoms with Gasteiger partial charge in [0.2, 0.25) is 10.5 Å². The minimum atomic E-state index is -2.78. The van der Waals surface area contributed by atoms with Crippen LogP contribution in [-0.4, -0.2) is 147 Å². The van der Waals surface area contributed by atoms with Crippen LogP contribution in [0.3, 0.4) is 0 Å². The molecular weight excluding hydrogens is 1070 g/mol. The van der Waals surface area contributed by atoms with Crippen LogP contribution in [0.15, 0.2) is 97.1 Å². The van der Waals surface area contributed by atoms with Gasteiger partial charge in [-0.3, -0.25) is 0 Å². The fourth-order valence-electron chi connectivity index (χ4n) is 7.52. The first kappa shape index (κ1) is 73.6. The summed E-state index contributed by atoms with van der Waals surface area (Å²) < 4.78 is 77.5. The molecule has 0 spiro atoms. The van der Waals surface area contributed by atoms with Crippen LogP contribution in [0.4, 0.5) is 22.7 Å². The highest BCUT2D eigenvalue weighted by molar-refractivity contribution is 6.76. The van der Waals surface area contributed by atoms with Crippen molar-refractivity contribution >= 4 is 78.8 Å². The molecule has 0 aliphatic rings. The van der Waals surface area contributed by atoms with Gasteiger partial charge in [-0.2, -0.15) is 0 Å². The molecule has 18 nitrogen and oxygen atoms in total. The van der Waals surface area contributed by atoms with Crippen LogP contribution in [0.2, 0.25) is 12.1 Å². The third kappa shape index (κ3) is 29.6. The number of ether oxygens (including phenoxy) is 1. The molecule has 0 heterocycles. The quantitative estimate of drug-likeness (QED) is 0.0196. The van der Waals surface area contributed by atoms with Gasteiger partial charge in [-0.1, -0.05) is 48.5 Å². The van der Waals surface area contributed by atoms with Crippen molar-refractivity contribution < 1.29 is 62.3 Å². The number of benzene rings is 4. The van der Waals surface area contributed by atoms with Crippen molar-refractivity contribution in [2.45, 2.75) is 100 Å². The molecule has 0 bridgehead atoms. The van der Waals surface area contributed by atoms with Crippen LogP contribution < -0.4 is 33.3 Å². The lowest BCUT2D eigenvalue weighted by Gasteiger charge is -2.28. The Morgan fingerprint density at radius 1 is 0.377 bits per heavy atom. The Morgan fingerprint density at radius 3 is 0.935 bits per heavy atom. The molecule has 0 saturated carbocycles. The molecule has 0 aliphatic heterocycles. The maximum absolute atomic E-state index is 5.84. The summed E-state index contributed by atoms with van der Waals surface area (Å²) in [5.41, 5.74) is 28.4. The van der Waals surface area contributed by atoms with E-state index in [1.807, 2.05) is 135 Å². The lowest BCUT2D eigenvalue weighted by molar-refractivity contribution is 0.0700. The molecule has 0 unspecified atom stereocenters. The summed E-state index contributed by atoms with van der Waals surface area (Å²) in [4.78, 5) is 0. The summed E-state index contributed by atoms with van der Waals surface area (Å²) in [5, 5.41) is 1.79. The lowest BCUT2D eigenvalue weighted by Crippen LogP contribution is -2.56. The Balaban J connectivity index is 0.000000971. The highest BCUT2D eigenvalue weighted by atomic mass is 28.4. The molecule has 0 fully saturated rings. The van der Waals surface area contributed by atoms with Gasteiger partial charge in [-0.25, -0.2) is 0 Å². The lowest BCUT2D eigenvalue weighted by atomic mass is 10.1. The molecule has 4 rings (SSSR count). The monoisotopic (exact) mass is 1170 g/mol. The van der Waals surface area contributed by atoms with Gasteiger partial charge in [-0.15, -0.1) is 0 Å². The topological polar surface area (TPSA) is 233 Å². The molecule has 0 aliphatic carbocycles. The second-order valence-electron chi connectivity index (χ2n) is 16.3. The van der Waals surface area contributed by atoms with Gasteiger partial charge in [0.05, 0.1) is 13.2 Å². The molecule has 3 radical (unpaired) electrons. The van der Waals surface area contributed by atoms with Crippen LogP contribution in [-0.2, 0) is 75.1 Å². The molecule has 0 atom stereocenters. The van der Waals surface area contributed by atoms with E-state index in [0.717, 1.165) is 59.5 Å². The molecule has 4 aromatic rings. The predicted octanol–water partition coefficient (Wildman–Crippen LogP) is 8.11. The van der Waals surface area contributed by atoms with Gasteiger partial charge in [-0.05, 0) is 148 Å². The molecule has 437 valence electrons. The molecule has 8 N–H and O–H groups in total. The van der Waals surface area contributed by atoms with Crippen molar-refractivity contribution in [1.82, 2.24) is 0 Å². The zero-order valence-corrected chi connectivity index (χ0v) is 53.8. The molecule has 0 amide bonds. The zero-order chi connectivity index (χ0) is 57.9. The number of hydrogen-bond acceptors (Lipinski definition) is 18. The summed E-state index contributed by atoms with van der Waals surface area (Å²) in [6.45, 7) is 24.4. The second kappa shape index (κ2) is 44.4. The van der Waals surface area contributed by atoms with E-state index in [4.69, 9.17) is 76.0 Å². The van der Waals surface area contributed by atoms with E-state index < -0.39 is 35.2 Å². The van der Waals surface area contributed by atoms with Crippen LogP contribution in [0.1, 0.15) is 86.3 Å². The SMILES string of the molecule is CCO[Si](CCCc1ccc(N)cc1)(OCC)OCC.CCO[Si](CCCc1ccc(N)cc1)(OCC)OCC.CCO[Si](OCC)(OCC)c1cccc(N)c1.COCCO[Si].CO[Si](OC)(OC)c1cccc(N)c1. The van der Waals surface area contributed by atoms with Crippen LogP contribution in [0, 0.1) is 0 Å². The number of aryl methyl sites for hydroxylation is 2. The fraction of sp³-hybridized carbons (Fsp3) is 0.556. The average molecular weight is 1170 g/mol. The van der Waals surface area contributed by atoms with Crippen molar-refractivity contribution in [1.29, 1.82) is 0 Å². The van der Waals surface area contributed by atoms with Gasteiger partial charge < -0.3 is 85.2 Å². The van der Waals surface area contributed by atoms with Crippen molar-refractivity contribution in [2.24, 2.45) is 0 Å². The van der Waals surface area contributed by atoms with Crippen LogP contribution >= 0.6 is 0 Å². The summed E-state index contributed by atoms with van der Waals surface area (Å²) in [5.74, 6) is 0. The number of hydrogen-bond donors (Lipinski definition) is 4. The summed E-state index contributed by atoms with van der Waals surface area (Å²) >= 11 is 0. The minimum absolute atomic E-state index is 0.557. The molecule has 0 saturated heterocycles. The van der Waals surface area contributed by atoms with E-state index in [1.54, 1.807) is 28.4 Å². The normalized spacial score (nSPS) is 11.5. The first-order valence-electron chi connectivity index (χ1n) is 26.7. The first-order valence-corrected chi connectivity index (χ1v) is 34.4. The van der Waals surface area contributed by atoms with Gasteiger partial charge >= 0.3 is 35.2 Å². The highest BCUT2D eigenvalue weighted by Gasteiger charge is 2.44. The van der Waals surface area contributed by atoms with Crippen LogP contribution in [0.25, 0.3) is 0 Å². The maximum atomic E-state index is 5.84. The average Bonchev–Trinajstić information content (AvgIpc) is 3.41. The Kier molecular flexibility index (Phi) is 42.4. The Morgan fingerprint density at radius 2 is 0.688 bits per heavy atom. The minimum Gasteiger partial charge on any atom is -0.416 e. The van der Waals surface area contributed by atoms with Crippen molar-refractivity contribution in [3.63, 3.8) is 0 Å². The summed E-state index contributed by atoms with van der Waals surface area (Å²) in [6.07, 6.45) is 3.97. The number of methoxy groups -OCH3 is 1. The van der Waals surface area contributed by atoms with E-state index in [-0.39, 0.29) is 0 Å². The number of rotatable bonds is 34. The number of anilines is 4. The molecule has 23 heteroatoms. The van der Waals surface area contributed by atoms with Gasteiger partial charge in [0.15, 0.2) is 0 Å². The van der Waals surface area contributed by atoms with Gasteiger partial charge in [0.1, 0.15) is 0 Å². The third-order valence-electron chi connectivity index (χ3n) is 10.7. The first-order chi connectivity index (χ1) is 37.1. The van der Waals surface area contributed by atoms with Crippen molar-refractivity contribution in [3.05, 3.63) is 108 Å². The Labute approximate surface area is 471 Å². The number of nitrogens with two attached hydrogens (primary N) is 4. The second-order valence-corrected chi connectivity index (χ2v) is 27.5. The van der Waals surface area contributed by atoms with E-state index in [1.165, 1.54) is 11.1 Å². The molecule has 4 aromatic carbocycles. The molecule has 0 aromatic heterocycles. The molecular formula is C54H97N4O14Si5. The van der Waals surface area contributed by atoms with Gasteiger partial charge in [0, 0.05) is 133 Å². The highest BCUT2D eigenvalue weighted by Crippen LogP contribution is 2.22. The van der Waals surface area contributed by atoms with Crippen molar-refractivity contribution in [3.8, 4) is 0 Å². The summed E-state index contributed by atoms with van der Waals surface area (Å²) in [6, 6.07) is 32.6. The fourth-order valence-corrected chi connectivity index (χ4v) is 17.2. The smallest absolute Gasteiger partial charge is 0.416 e. The predicted molar refractivity (Wildman–Crippen MR) is 321 cm³/mol. The molecule has 77 heavy (non-hydrogen) atoms. The Bertz CT molecular complexity index is 1880. The standard InChI is InChI=1S/2C15H27NO3Si.C12H21NO3Si.C9H15NO3Si.C3H7O2Si/c2*1-4-17-20(18-5-2,19-6-3)13-7-8-14-9-11-15(16)12-10-14;1-4-14-17(15-5-2,16-6-3)12-9-7-8-11(13)10-12;1-11-14(12-2,13-3)9-6-4-5-8(10)7-9;1-4-2-3-5-6/h2*9-12H,4-8,13,16H2,1-3H3;7-10H,4-6,13H2,1-3H3;4-7H,10H2,1-3H3;2-3H2,1H3. The van der Waals surface area contributed by atoms with Crippen molar-refractivity contribution in [2.75, 3.05) is 124 Å². The largest absolute Gasteiger partial charge is 0.537 e. The van der Waals surface area contributed by atoms with E-state index in [0.29, 0.717) is 84.1 Å². The Hall–Kier alpha value is -3.40. The third-order valence-corrected chi connectivity index (χ3v) is 22.9. The van der Waals surface area contributed by atoms with E-state index >= 15 is 0 Å². The van der Waals surface area contributed by atoms with Crippen LogP contribution in [0.5, 0.6) is 0 Å². The van der Waals surface area contributed by atoms with Gasteiger partial charge in [0.25, 0.3) is 0 Å². The summed E-state index contributed by atoms with van der Waals surface area (Å²) in [7, 11) is -1.30. The van der Waals surface area contributed by atoms with E-state index in [9.17, 15) is 0 Å². The number of nitrogen functional groups attached to an aromatic ring is 4. The van der Waals surface area contributed by atoms with E-state index in [2.05, 4.69) is 43.9 Å². The zero-order valence-electron chi connectivity index (χ0n) is 48.8.